The van der Waals surface area contributed by atoms with E-state index in [1.165, 1.54) is 65.9 Å². The molecule has 3 heteroatoms. The minimum atomic E-state index is 0.769. The van der Waals surface area contributed by atoms with Crippen molar-refractivity contribution in [2.45, 2.75) is 76.8 Å². The molecular weight excluding hydrogens is 384 g/mol. The van der Waals surface area contributed by atoms with Gasteiger partial charge in [0, 0.05) is 17.7 Å². The number of nitrogens with zero attached hydrogens (tertiary/aromatic N) is 2. The molecule has 4 rings (SSSR count). The molecule has 0 unspecified atom stereocenters. The fraction of sp³-hybridized carbons (Fsp3) is 0.519. The highest BCUT2D eigenvalue weighted by Crippen LogP contribution is 2.40. The standard InChI is InChI=1S/C27H36N2S/c1-3-11-21-16-18-22(19-17-21)20-29-27(30-4-2)25(23-12-7-5-8-13-23)26(28-29)24-14-9-6-10-15-24/h5-7,9-10,12,14-15,21-22H,3-4,8,11,13,16-20H2,1-2H3. The van der Waals surface area contributed by atoms with Gasteiger partial charge < -0.3 is 0 Å². The molecule has 2 aliphatic carbocycles. The van der Waals surface area contributed by atoms with Gasteiger partial charge in [0.15, 0.2) is 0 Å². The molecule has 1 aromatic heterocycles. The Hall–Kier alpha value is -1.74. The van der Waals surface area contributed by atoms with Gasteiger partial charge in [0.25, 0.3) is 0 Å². The van der Waals surface area contributed by atoms with E-state index in [0.717, 1.165) is 37.0 Å². The summed E-state index contributed by atoms with van der Waals surface area (Å²) in [5.41, 5.74) is 5.25. The fourth-order valence-electron chi connectivity index (χ4n) is 5.11. The lowest BCUT2D eigenvalue weighted by atomic mass is 9.80. The summed E-state index contributed by atoms with van der Waals surface area (Å²) in [4.78, 5) is 0. The van der Waals surface area contributed by atoms with Gasteiger partial charge in [-0.05, 0) is 48.8 Å². The van der Waals surface area contributed by atoms with Crippen molar-refractivity contribution >= 4 is 17.3 Å². The molecule has 1 fully saturated rings. The Kier molecular flexibility index (Phi) is 7.54. The number of hydrogen-bond acceptors (Lipinski definition) is 2. The van der Waals surface area contributed by atoms with Gasteiger partial charge in [-0.3, -0.25) is 4.68 Å². The highest BCUT2D eigenvalue weighted by Gasteiger charge is 2.26. The summed E-state index contributed by atoms with van der Waals surface area (Å²) >= 11 is 1.97. The van der Waals surface area contributed by atoms with E-state index < -0.39 is 0 Å². The summed E-state index contributed by atoms with van der Waals surface area (Å²) in [6, 6.07) is 10.8. The normalized spacial score (nSPS) is 21.6. The molecule has 0 aliphatic heterocycles. The summed E-state index contributed by atoms with van der Waals surface area (Å²) in [5.74, 6) is 2.81. The Labute approximate surface area is 186 Å². The Morgan fingerprint density at radius 3 is 2.47 bits per heavy atom. The van der Waals surface area contributed by atoms with Crippen LogP contribution in [0.25, 0.3) is 16.8 Å². The average Bonchev–Trinajstić information content (AvgIpc) is 3.15. The van der Waals surface area contributed by atoms with Gasteiger partial charge in [-0.1, -0.05) is 88.1 Å². The zero-order valence-corrected chi connectivity index (χ0v) is 19.5. The van der Waals surface area contributed by atoms with E-state index in [1.807, 2.05) is 11.8 Å². The maximum Gasteiger partial charge on any atom is 0.102 e. The van der Waals surface area contributed by atoms with Gasteiger partial charge in [0.05, 0.1) is 0 Å². The zero-order valence-electron chi connectivity index (χ0n) is 18.6. The SMILES string of the molecule is CCCC1CCC(Cn2nc(-c3ccccc3)c(C3=CC=CCC3)c2SCC)CC1. The van der Waals surface area contributed by atoms with Crippen LogP contribution in [-0.2, 0) is 6.54 Å². The second kappa shape index (κ2) is 10.5. The summed E-state index contributed by atoms with van der Waals surface area (Å²) in [5, 5.41) is 6.64. The molecule has 2 nitrogen and oxygen atoms in total. The molecule has 1 heterocycles. The molecule has 160 valence electrons. The highest BCUT2D eigenvalue weighted by molar-refractivity contribution is 7.99. The van der Waals surface area contributed by atoms with E-state index in [4.69, 9.17) is 5.10 Å². The van der Waals surface area contributed by atoms with Crippen LogP contribution in [0.4, 0.5) is 0 Å². The van der Waals surface area contributed by atoms with Crippen molar-refractivity contribution in [2.24, 2.45) is 11.8 Å². The number of benzene rings is 1. The first kappa shape index (κ1) is 21.5. The summed E-state index contributed by atoms with van der Waals surface area (Å²) in [6.45, 7) is 5.66. The van der Waals surface area contributed by atoms with Gasteiger partial charge >= 0.3 is 0 Å². The predicted octanol–water partition coefficient (Wildman–Crippen LogP) is 8.00. The molecule has 0 bridgehead atoms. The van der Waals surface area contributed by atoms with Crippen LogP contribution in [0, 0.1) is 11.8 Å². The molecule has 1 aromatic carbocycles. The lowest BCUT2D eigenvalue weighted by molar-refractivity contribution is 0.232. The zero-order chi connectivity index (χ0) is 20.8. The molecule has 0 radical (unpaired) electrons. The third-order valence-electron chi connectivity index (χ3n) is 6.66. The molecule has 0 N–H and O–H groups in total. The number of hydrogen-bond donors (Lipinski definition) is 0. The minimum Gasteiger partial charge on any atom is -0.258 e. The number of thioether (sulfide) groups is 1. The maximum atomic E-state index is 5.25. The van der Waals surface area contributed by atoms with Gasteiger partial charge in [-0.2, -0.15) is 5.10 Å². The Morgan fingerprint density at radius 1 is 1.03 bits per heavy atom. The van der Waals surface area contributed by atoms with E-state index >= 15 is 0 Å². The molecular formula is C27H36N2S. The topological polar surface area (TPSA) is 17.8 Å². The quantitative estimate of drug-likeness (QED) is 0.403. The van der Waals surface area contributed by atoms with Gasteiger partial charge in [-0.15, -0.1) is 11.8 Å². The molecule has 2 aliphatic rings. The first-order valence-corrected chi connectivity index (χ1v) is 12.9. The molecule has 0 spiro atoms. The summed E-state index contributed by atoms with van der Waals surface area (Å²) in [7, 11) is 0. The van der Waals surface area contributed by atoms with E-state index in [0.29, 0.717) is 0 Å². The molecule has 2 aromatic rings. The monoisotopic (exact) mass is 420 g/mol. The van der Waals surface area contributed by atoms with Gasteiger partial charge in [-0.25, -0.2) is 0 Å². The first-order chi connectivity index (χ1) is 14.8. The van der Waals surface area contributed by atoms with E-state index in [1.54, 1.807) is 0 Å². The molecule has 0 amide bonds. The highest BCUT2D eigenvalue weighted by atomic mass is 32.2. The Bertz CT molecular complexity index is 870. The largest absolute Gasteiger partial charge is 0.258 e. The lowest BCUT2D eigenvalue weighted by Crippen LogP contribution is -2.20. The summed E-state index contributed by atoms with van der Waals surface area (Å²) in [6.07, 6.45) is 17.3. The molecule has 1 saturated carbocycles. The number of allylic oxidation sites excluding steroid dienone is 4. The van der Waals surface area contributed by atoms with E-state index in [2.05, 4.69) is 67.1 Å². The Balaban J connectivity index is 1.67. The van der Waals surface area contributed by atoms with E-state index in [-0.39, 0.29) is 0 Å². The van der Waals surface area contributed by atoms with Crippen LogP contribution in [0.1, 0.15) is 70.8 Å². The van der Waals surface area contributed by atoms with Crippen molar-refractivity contribution < 1.29 is 0 Å². The minimum absolute atomic E-state index is 0.769. The molecule has 0 saturated heterocycles. The summed E-state index contributed by atoms with van der Waals surface area (Å²) < 4.78 is 2.37. The molecule has 30 heavy (non-hydrogen) atoms. The van der Waals surface area contributed by atoms with Crippen molar-refractivity contribution in [2.75, 3.05) is 5.75 Å². The van der Waals surface area contributed by atoms with Crippen molar-refractivity contribution in [1.82, 2.24) is 9.78 Å². The van der Waals surface area contributed by atoms with Gasteiger partial charge in [0.1, 0.15) is 10.7 Å². The van der Waals surface area contributed by atoms with Crippen LogP contribution in [0.2, 0.25) is 0 Å². The molecule has 0 atom stereocenters. The van der Waals surface area contributed by atoms with Crippen LogP contribution in [0.5, 0.6) is 0 Å². The second-order valence-electron chi connectivity index (χ2n) is 8.84. The number of aromatic nitrogens is 2. The lowest BCUT2D eigenvalue weighted by Gasteiger charge is -2.28. The number of rotatable bonds is 8. The van der Waals surface area contributed by atoms with Crippen molar-refractivity contribution in [3.05, 3.63) is 54.1 Å². The average molecular weight is 421 g/mol. The van der Waals surface area contributed by atoms with Gasteiger partial charge in [0.2, 0.25) is 0 Å². The van der Waals surface area contributed by atoms with Crippen molar-refractivity contribution in [1.29, 1.82) is 0 Å². The van der Waals surface area contributed by atoms with Crippen LogP contribution in [0.15, 0.2) is 53.6 Å². The third kappa shape index (κ3) is 4.94. The predicted molar refractivity (Wildman–Crippen MR) is 131 cm³/mol. The second-order valence-corrected chi connectivity index (χ2v) is 10.1. The fourth-order valence-corrected chi connectivity index (χ4v) is 6.02. The van der Waals surface area contributed by atoms with Crippen LogP contribution in [0.3, 0.4) is 0 Å². The van der Waals surface area contributed by atoms with Crippen molar-refractivity contribution in [3.63, 3.8) is 0 Å². The van der Waals surface area contributed by atoms with Crippen LogP contribution >= 0.6 is 11.8 Å². The third-order valence-corrected chi connectivity index (χ3v) is 7.64. The van der Waals surface area contributed by atoms with Crippen LogP contribution in [-0.4, -0.2) is 15.5 Å². The maximum absolute atomic E-state index is 5.25. The van der Waals surface area contributed by atoms with E-state index in [9.17, 15) is 0 Å². The smallest absolute Gasteiger partial charge is 0.102 e. The van der Waals surface area contributed by atoms with Crippen LogP contribution < -0.4 is 0 Å². The van der Waals surface area contributed by atoms with Crippen molar-refractivity contribution in [3.8, 4) is 11.3 Å². The Morgan fingerprint density at radius 2 is 1.80 bits per heavy atom. The first-order valence-electron chi connectivity index (χ1n) is 11.9.